The van der Waals surface area contributed by atoms with Crippen molar-refractivity contribution in [2.45, 2.75) is 32.4 Å². The first-order valence-corrected chi connectivity index (χ1v) is 7.53. The van der Waals surface area contributed by atoms with E-state index >= 15 is 0 Å². The largest absolute Gasteiger partial charge is 0.461 e. The Morgan fingerprint density at radius 2 is 2.35 bits per heavy atom. The minimum atomic E-state index is -0.234. The molecular formula is C14H18IN3O2. The highest BCUT2D eigenvalue weighted by molar-refractivity contribution is 14.1. The number of ether oxygens (including phenoxy) is 1. The molecule has 2 atom stereocenters. The molecular weight excluding hydrogens is 369 g/mol. The van der Waals surface area contributed by atoms with E-state index in [9.17, 15) is 4.79 Å². The van der Waals surface area contributed by atoms with Gasteiger partial charge in [-0.2, -0.15) is 5.10 Å². The SMILES string of the molecule is C=C(/C=C\c1c(I)n[nH]c1C)[C@H]1CC(OC(C)=O)CN1. The van der Waals surface area contributed by atoms with Crippen LogP contribution in [0.4, 0.5) is 0 Å². The van der Waals surface area contributed by atoms with Gasteiger partial charge in [0.15, 0.2) is 0 Å². The average molecular weight is 387 g/mol. The van der Waals surface area contributed by atoms with E-state index in [0.717, 1.165) is 27.0 Å². The van der Waals surface area contributed by atoms with Crippen molar-refractivity contribution in [1.29, 1.82) is 0 Å². The van der Waals surface area contributed by atoms with E-state index in [-0.39, 0.29) is 18.1 Å². The van der Waals surface area contributed by atoms with Crippen molar-refractivity contribution >= 4 is 34.6 Å². The van der Waals surface area contributed by atoms with Crippen LogP contribution in [0.5, 0.6) is 0 Å². The number of hydrogen-bond acceptors (Lipinski definition) is 4. The Kier molecular flexibility index (Phi) is 4.98. The number of rotatable bonds is 4. The van der Waals surface area contributed by atoms with Gasteiger partial charge in [0.2, 0.25) is 0 Å². The maximum atomic E-state index is 10.9. The van der Waals surface area contributed by atoms with Gasteiger partial charge in [0, 0.05) is 37.2 Å². The van der Waals surface area contributed by atoms with Crippen LogP contribution in [0.2, 0.25) is 0 Å². The Morgan fingerprint density at radius 1 is 1.60 bits per heavy atom. The monoisotopic (exact) mass is 387 g/mol. The van der Waals surface area contributed by atoms with E-state index in [2.05, 4.69) is 44.7 Å². The van der Waals surface area contributed by atoms with Gasteiger partial charge >= 0.3 is 5.97 Å². The van der Waals surface area contributed by atoms with Crippen LogP contribution in [-0.2, 0) is 9.53 Å². The number of nitrogens with zero attached hydrogens (tertiary/aromatic N) is 1. The third-order valence-electron chi connectivity index (χ3n) is 3.28. The quantitative estimate of drug-likeness (QED) is 0.472. The fourth-order valence-electron chi connectivity index (χ4n) is 2.22. The summed E-state index contributed by atoms with van der Waals surface area (Å²) in [6.45, 7) is 8.19. The summed E-state index contributed by atoms with van der Waals surface area (Å²) in [4.78, 5) is 10.9. The second kappa shape index (κ2) is 6.53. The Bertz CT molecular complexity index is 531. The summed E-state index contributed by atoms with van der Waals surface area (Å²) in [6, 6.07) is 0.153. The molecule has 0 radical (unpaired) electrons. The molecule has 20 heavy (non-hydrogen) atoms. The Labute approximate surface area is 132 Å². The Morgan fingerprint density at radius 3 is 2.95 bits per heavy atom. The van der Waals surface area contributed by atoms with Gasteiger partial charge in [-0.15, -0.1) is 0 Å². The average Bonchev–Trinajstić information content (AvgIpc) is 2.95. The predicted octanol–water partition coefficient (Wildman–Crippen LogP) is 2.19. The number of halogens is 1. The van der Waals surface area contributed by atoms with Crippen LogP contribution in [0.1, 0.15) is 24.6 Å². The van der Waals surface area contributed by atoms with Crippen LogP contribution in [0.3, 0.4) is 0 Å². The fraction of sp³-hybridized carbons (Fsp3) is 0.429. The summed E-state index contributed by atoms with van der Waals surface area (Å²) < 4.78 is 6.14. The van der Waals surface area contributed by atoms with Crippen molar-refractivity contribution in [2.75, 3.05) is 6.54 Å². The van der Waals surface area contributed by atoms with Crippen molar-refractivity contribution in [1.82, 2.24) is 15.5 Å². The molecule has 2 N–H and O–H groups in total. The standard InChI is InChI=1S/C14H18IN3O2/c1-8(4-5-12-9(2)17-18-14(12)15)13-6-11(7-16-13)20-10(3)19/h4-5,11,13,16H,1,6-7H2,2-3H3,(H,17,18)/b5-4-/t11?,13-/m1/s1. The zero-order valence-electron chi connectivity index (χ0n) is 11.6. The van der Waals surface area contributed by atoms with Crippen LogP contribution in [-0.4, -0.2) is 34.9 Å². The van der Waals surface area contributed by atoms with Crippen LogP contribution in [0.25, 0.3) is 6.08 Å². The van der Waals surface area contributed by atoms with E-state index in [1.807, 2.05) is 19.1 Å². The normalized spacial score (nSPS) is 22.4. The molecule has 2 heterocycles. The van der Waals surface area contributed by atoms with Crippen LogP contribution < -0.4 is 5.32 Å². The highest BCUT2D eigenvalue weighted by Gasteiger charge is 2.27. The molecule has 0 amide bonds. The molecule has 0 spiro atoms. The molecule has 1 aromatic rings. The van der Waals surface area contributed by atoms with E-state index < -0.39 is 0 Å². The summed E-state index contributed by atoms with van der Waals surface area (Å²) in [5.74, 6) is -0.234. The molecule has 0 aliphatic carbocycles. The number of aromatic nitrogens is 2. The molecule has 2 rings (SSSR count). The molecule has 5 nitrogen and oxygen atoms in total. The number of carbonyl (C=O) groups excluding carboxylic acids is 1. The zero-order chi connectivity index (χ0) is 14.7. The number of carbonyl (C=O) groups is 1. The van der Waals surface area contributed by atoms with E-state index in [0.29, 0.717) is 6.54 Å². The lowest BCUT2D eigenvalue weighted by Crippen LogP contribution is -2.22. The molecule has 0 aromatic carbocycles. The minimum Gasteiger partial charge on any atom is -0.461 e. The second-order valence-corrected chi connectivity index (χ2v) is 5.91. The summed E-state index contributed by atoms with van der Waals surface area (Å²) in [6.07, 6.45) is 4.72. The van der Waals surface area contributed by atoms with Gasteiger partial charge in [-0.25, -0.2) is 0 Å². The minimum absolute atomic E-state index is 0.0570. The number of hydrogen-bond donors (Lipinski definition) is 2. The van der Waals surface area contributed by atoms with Gasteiger partial charge in [0.25, 0.3) is 0 Å². The predicted molar refractivity (Wildman–Crippen MR) is 86.2 cm³/mol. The first-order valence-electron chi connectivity index (χ1n) is 6.45. The number of esters is 1. The van der Waals surface area contributed by atoms with Gasteiger partial charge in [-0.3, -0.25) is 9.89 Å². The highest BCUT2D eigenvalue weighted by Crippen LogP contribution is 2.20. The van der Waals surface area contributed by atoms with Gasteiger partial charge in [0.05, 0.1) is 0 Å². The number of nitrogens with one attached hydrogen (secondary N) is 2. The molecule has 108 valence electrons. The van der Waals surface area contributed by atoms with Crippen LogP contribution in [0, 0.1) is 10.6 Å². The lowest BCUT2D eigenvalue weighted by Gasteiger charge is -2.11. The maximum Gasteiger partial charge on any atom is 0.302 e. The van der Waals surface area contributed by atoms with Crippen molar-refractivity contribution in [3.05, 3.63) is 33.2 Å². The van der Waals surface area contributed by atoms with Gasteiger partial charge in [-0.05, 0) is 35.1 Å². The highest BCUT2D eigenvalue weighted by atomic mass is 127. The summed E-state index contributed by atoms with van der Waals surface area (Å²) in [5, 5.41) is 10.4. The van der Waals surface area contributed by atoms with Gasteiger partial charge < -0.3 is 10.1 Å². The molecule has 1 unspecified atom stereocenters. The molecule has 6 heteroatoms. The number of aromatic amines is 1. The lowest BCUT2D eigenvalue weighted by atomic mass is 10.1. The van der Waals surface area contributed by atoms with Crippen molar-refractivity contribution in [3.8, 4) is 0 Å². The molecule has 1 saturated heterocycles. The Hall–Kier alpha value is -1.15. The first kappa shape index (κ1) is 15.2. The van der Waals surface area contributed by atoms with Crippen molar-refractivity contribution < 1.29 is 9.53 Å². The molecule has 1 fully saturated rings. The molecule has 0 saturated carbocycles. The molecule has 1 aromatic heterocycles. The summed E-state index contributed by atoms with van der Waals surface area (Å²) in [5.41, 5.74) is 3.10. The number of aryl methyl sites for hydroxylation is 1. The lowest BCUT2D eigenvalue weighted by molar-refractivity contribution is -0.145. The maximum absolute atomic E-state index is 10.9. The molecule has 1 aliphatic heterocycles. The summed E-state index contributed by atoms with van der Waals surface area (Å²) in [7, 11) is 0. The zero-order valence-corrected chi connectivity index (χ0v) is 13.7. The van der Waals surface area contributed by atoms with Crippen LogP contribution >= 0.6 is 22.6 Å². The molecule has 1 aliphatic rings. The summed E-state index contributed by atoms with van der Waals surface area (Å²) >= 11 is 2.20. The topological polar surface area (TPSA) is 67.0 Å². The second-order valence-electron chi connectivity index (χ2n) is 4.89. The third kappa shape index (κ3) is 3.69. The van der Waals surface area contributed by atoms with Crippen molar-refractivity contribution in [3.63, 3.8) is 0 Å². The van der Waals surface area contributed by atoms with E-state index in [4.69, 9.17) is 4.74 Å². The van der Waals surface area contributed by atoms with Gasteiger partial charge in [-0.1, -0.05) is 18.7 Å². The van der Waals surface area contributed by atoms with Crippen molar-refractivity contribution in [2.24, 2.45) is 0 Å². The first-order chi connectivity index (χ1) is 9.47. The van der Waals surface area contributed by atoms with E-state index in [1.54, 1.807) is 0 Å². The fourth-order valence-corrected chi connectivity index (χ4v) is 2.92. The smallest absolute Gasteiger partial charge is 0.302 e. The third-order valence-corrected chi connectivity index (χ3v) is 4.11. The number of H-pyrrole nitrogens is 1. The Balaban J connectivity index is 1.95. The van der Waals surface area contributed by atoms with Crippen LogP contribution in [0.15, 0.2) is 18.2 Å². The molecule has 0 bridgehead atoms. The van der Waals surface area contributed by atoms with Gasteiger partial charge in [0.1, 0.15) is 9.80 Å². The van der Waals surface area contributed by atoms with E-state index in [1.165, 1.54) is 6.92 Å².